The van der Waals surface area contributed by atoms with Crippen LogP contribution in [0.4, 0.5) is 11.4 Å². The number of benzene rings is 2. The summed E-state index contributed by atoms with van der Waals surface area (Å²) in [6.45, 7) is 22.1. The minimum Gasteiger partial charge on any atom is -0.494 e. The molecule has 0 saturated heterocycles. The van der Waals surface area contributed by atoms with Gasteiger partial charge in [-0.3, -0.25) is 0 Å². The van der Waals surface area contributed by atoms with Crippen molar-refractivity contribution in [1.29, 1.82) is 0 Å². The number of methoxy groups -OCH3 is 2. The van der Waals surface area contributed by atoms with Crippen molar-refractivity contribution >= 4 is 17.1 Å². The smallest absolute Gasteiger partial charge is 0.210 e. The maximum absolute atomic E-state index is 7.22. The number of hydrogen-bond donors (Lipinski definition) is 0. The summed E-state index contributed by atoms with van der Waals surface area (Å²) in [5.74, 6) is 2.78. The first kappa shape index (κ1) is 42.9. The summed E-state index contributed by atoms with van der Waals surface area (Å²) in [5, 5.41) is 0. The Kier molecular flexibility index (Phi) is 13.4. The third-order valence-corrected chi connectivity index (χ3v) is 12.0. The highest BCUT2D eigenvalue weighted by molar-refractivity contribution is 6.03. The molecule has 2 aliphatic heterocycles. The van der Waals surface area contributed by atoms with E-state index in [9.17, 15) is 0 Å². The molecule has 2 aromatic carbocycles. The fraction of sp³-hybridized carbons (Fsp3) is 0.480. The number of aryl methyl sites for hydroxylation is 1. The van der Waals surface area contributed by atoms with Crippen LogP contribution in [0.25, 0.3) is 0 Å². The van der Waals surface area contributed by atoms with Gasteiger partial charge in [0, 0.05) is 86.0 Å². The lowest BCUT2D eigenvalue weighted by Gasteiger charge is -2.29. The maximum Gasteiger partial charge on any atom is 0.210 e. The molecule has 8 nitrogen and oxygen atoms in total. The highest BCUT2D eigenvalue weighted by atomic mass is 16.5. The van der Waals surface area contributed by atoms with Crippen LogP contribution in [0.3, 0.4) is 0 Å². The molecule has 3 heterocycles. The van der Waals surface area contributed by atoms with Gasteiger partial charge in [0.25, 0.3) is 0 Å². The maximum atomic E-state index is 7.22. The molecule has 0 bridgehead atoms. The zero-order valence-corrected chi connectivity index (χ0v) is 37.0. The van der Waals surface area contributed by atoms with Crippen molar-refractivity contribution in [3.05, 3.63) is 125 Å². The van der Waals surface area contributed by atoms with Gasteiger partial charge < -0.3 is 28.6 Å². The van der Waals surface area contributed by atoms with Gasteiger partial charge >= 0.3 is 0 Å². The SMILES string of the molecule is CCOc1ccc2c(c1)C(C)(C)C(/C=C/C1=C(OC(C)(C)c3cc[n+](C)cc3)C(=C/C=C3/N(CCCOC)c4ccc(OCC)cc4C3(C)C)/CC1)=[N+]2CCCOC. The quantitative estimate of drug-likeness (QED) is 0.0946. The fourth-order valence-electron chi connectivity index (χ4n) is 8.77. The Bertz CT molecular complexity index is 2100. The molecule has 3 aliphatic rings. The second-order valence-corrected chi connectivity index (χ2v) is 17.2. The van der Waals surface area contributed by atoms with Crippen molar-refractivity contribution in [2.24, 2.45) is 7.05 Å². The van der Waals surface area contributed by atoms with Gasteiger partial charge in [0.15, 0.2) is 24.7 Å². The molecule has 0 N–H and O–H groups in total. The monoisotopic (exact) mass is 790 g/mol. The van der Waals surface area contributed by atoms with Gasteiger partial charge in [0.05, 0.1) is 25.2 Å². The molecule has 0 saturated carbocycles. The Morgan fingerprint density at radius 2 is 1.43 bits per heavy atom. The summed E-state index contributed by atoms with van der Waals surface area (Å²) in [6.07, 6.45) is 17.1. The van der Waals surface area contributed by atoms with Crippen molar-refractivity contribution in [2.75, 3.05) is 58.6 Å². The van der Waals surface area contributed by atoms with E-state index in [4.69, 9.17) is 23.7 Å². The van der Waals surface area contributed by atoms with Crippen LogP contribution in [0.5, 0.6) is 11.5 Å². The van der Waals surface area contributed by atoms with Crippen LogP contribution < -0.4 is 18.9 Å². The van der Waals surface area contributed by atoms with Crippen LogP contribution in [0, 0.1) is 0 Å². The Morgan fingerprint density at radius 3 is 2.10 bits per heavy atom. The third-order valence-electron chi connectivity index (χ3n) is 12.0. The number of anilines is 1. The van der Waals surface area contributed by atoms with Gasteiger partial charge in [-0.1, -0.05) is 19.9 Å². The van der Waals surface area contributed by atoms with Crippen LogP contribution >= 0.6 is 0 Å². The van der Waals surface area contributed by atoms with E-state index in [0.29, 0.717) is 26.4 Å². The summed E-state index contributed by atoms with van der Waals surface area (Å²) in [5.41, 5.74) is 10.1. The summed E-state index contributed by atoms with van der Waals surface area (Å²) in [6, 6.07) is 17.4. The topological polar surface area (TPSA) is 56.3 Å². The predicted molar refractivity (Wildman–Crippen MR) is 235 cm³/mol. The first-order valence-corrected chi connectivity index (χ1v) is 21.2. The number of nitrogens with zero attached hydrogens (tertiary/aromatic N) is 3. The first-order valence-electron chi connectivity index (χ1n) is 21.2. The second kappa shape index (κ2) is 18.1. The number of hydrogen-bond acceptors (Lipinski definition) is 6. The number of allylic oxidation sites excluding steroid dienone is 7. The van der Waals surface area contributed by atoms with E-state index in [1.807, 2.05) is 20.9 Å². The summed E-state index contributed by atoms with van der Waals surface area (Å²) in [4.78, 5) is 2.47. The average molecular weight is 790 g/mol. The van der Waals surface area contributed by atoms with Crippen molar-refractivity contribution in [2.45, 2.75) is 97.5 Å². The van der Waals surface area contributed by atoms with E-state index >= 15 is 0 Å². The number of rotatable bonds is 18. The number of fused-ring (bicyclic) bond motifs is 2. The van der Waals surface area contributed by atoms with E-state index in [2.05, 4.69) is 141 Å². The van der Waals surface area contributed by atoms with E-state index in [0.717, 1.165) is 61.6 Å². The van der Waals surface area contributed by atoms with Gasteiger partial charge in [-0.2, -0.15) is 4.58 Å². The minimum atomic E-state index is -0.568. The molecule has 310 valence electrons. The van der Waals surface area contributed by atoms with Gasteiger partial charge in [-0.05, 0) is 120 Å². The molecular weight excluding hydrogens is 723 g/mol. The van der Waals surface area contributed by atoms with Crippen LogP contribution in [-0.4, -0.2) is 64.0 Å². The molecule has 0 atom stereocenters. The molecule has 8 heteroatoms. The zero-order chi connectivity index (χ0) is 41.7. The lowest BCUT2D eigenvalue weighted by Crippen LogP contribution is -2.29. The lowest BCUT2D eigenvalue weighted by molar-refractivity contribution is -0.671. The normalized spacial score (nSPS) is 18.6. The molecule has 3 aromatic rings. The molecule has 58 heavy (non-hydrogen) atoms. The predicted octanol–water partition coefficient (Wildman–Crippen LogP) is 9.92. The fourth-order valence-corrected chi connectivity index (χ4v) is 8.77. The molecule has 1 aliphatic carbocycles. The summed E-state index contributed by atoms with van der Waals surface area (Å²) >= 11 is 0. The number of pyridine rings is 1. The number of ether oxygens (including phenoxy) is 5. The van der Waals surface area contributed by atoms with Crippen molar-refractivity contribution in [3.8, 4) is 11.5 Å². The third kappa shape index (κ3) is 8.84. The van der Waals surface area contributed by atoms with E-state index < -0.39 is 5.60 Å². The van der Waals surface area contributed by atoms with Crippen molar-refractivity contribution in [1.82, 2.24) is 0 Å². The molecule has 0 radical (unpaired) electrons. The van der Waals surface area contributed by atoms with E-state index in [1.54, 1.807) is 14.2 Å². The first-order chi connectivity index (χ1) is 27.8. The highest BCUT2D eigenvalue weighted by Crippen LogP contribution is 2.50. The molecule has 6 rings (SSSR count). The van der Waals surface area contributed by atoms with Crippen LogP contribution in [0.2, 0.25) is 0 Å². The molecule has 0 unspecified atom stereocenters. The number of aromatic nitrogens is 1. The second-order valence-electron chi connectivity index (χ2n) is 17.2. The average Bonchev–Trinajstić information content (AvgIpc) is 3.73. The Balaban J connectivity index is 1.44. The van der Waals surface area contributed by atoms with E-state index in [-0.39, 0.29) is 10.8 Å². The van der Waals surface area contributed by atoms with Crippen LogP contribution in [0.15, 0.2) is 108 Å². The molecule has 0 amide bonds. The molecule has 1 aromatic heterocycles. The highest BCUT2D eigenvalue weighted by Gasteiger charge is 2.45. The molecular formula is C50H67N3O5+2. The Morgan fingerprint density at radius 1 is 0.776 bits per heavy atom. The summed E-state index contributed by atoms with van der Waals surface area (Å²) in [7, 11) is 5.59. The molecule has 0 fully saturated rings. The van der Waals surface area contributed by atoms with Gasteiger partial charge in [-0.15, -0.1) is 0 Å². The van der Waals surface area contributed by atoms with Gasteiger partial charge in [-0.25, -0.2) is 4.57 Å². The van der Waals surface area contributed by atoms with Gasteiger partial charge in [0.2, 0.25) is 5.69 Å². The summed E-state index contributed by atoms with van der Waals surface area (Å²) < 4.78 is 34.7. The Hall–Kier alpha value is -4.66. The molecule has 0 spiro atoms. The standard InChI is InChI=1S/C50H67N3O5/c1-12-56-39-20-22-43-41(34-39)48(3,4)45(52(43)28-14-32-54-10)24-18-36-16-17-37(47(36)58-50(7,8)38-26-30-51(9)31-27-38)19-25-46-49(5,6)42-35-40(57-13-2)21-23-44(42)53(46)29-15-33-55-11/h18-27,30-31,34-35H,12-17,28-29,32-33H2,1-11H3/q+2. The van der Waals surface area contributed by atoms with Gasteiger partial charge in [0.1, 0.15) is 29.9 Å². The largest absolute Gasteiger partial charge is 0.494 e. The zero-order valence-electron chi connectivity index (χ0n) is 37.0. The lowest BCUT2D eigenvalue weighted by atomic mass is 9.81. The van der Waals surface area contributed by atoms with E-state index in [1.165, 1.54) is 45.1 Å². The Labute approximate surface area is 348 Å². The van der Waals surface area contributed by atoms with Crippen molar-refractivity contribution in [3.63, 3.8) is 0 Å². The minimum absolute atomic E-state index is 0.231. The van der Waals surface area contributed by atoms with Crippen LogP contribution in [0.1, 0.15) is 97.8 Å². The van der Waals surface area contributed by atoms with Crippen LogP contribution in [-0.2, 0) is 37.7 Å². The van der Waals surface area contributed by atoms with Crippen molar-refractivity contribution < 1.29 is 32.8 Å².